The first-order chi connectivity index (χ1) is 18.7. The van der Waals surface area contributed by atoms with Crippen molar-refractivity contribution in [1.29, 1.82) is 0 Å². The minimum atomic E-state index is -1.11. The second-order valence-electron chi connectivity index (χ2n) is 8.89. The highest BCUT2D eigenvalue weighted by atomic mass is 19.2. The topological polar surface area (TPSA) is 108 Å². The van der Waals surface area contributed by atoms with E-state index in [-0.39, 0.29) is 39.7 Å². The Hall–Kier alpha value is -4.78. The van der Waals surface area contributed by atoms with Crippen LogP contribution in [-0.2, 0) is 4.79 Å². The molecule has 3 heterocycles. The number of piperazine rings is 1. The third-order valence-electron chi connectivity index (χ3n) is 6.33. The number of carbonyl (C=O) groups excluding carboxylic acids is 1. The van der Waals surface area contributed by atoms with E-state index in [1.807, 2.05) is 7.05 Å². The zero-order valence-corrected chi connectivity index (χ0v) is 20.8. The summed E-state index contributed by atoms with van der Waals surface area (Å²) in [5.74, 6) is -3.48. The summed E-state index contributed by atoms with van der Waals surface area (Å²) < 4.78 is 46.1. The average Bonchev–Trinajstić information content (AvgIpc) is 2.93. The Morgan fingerprint density at radius 1 is 1.03 bits per heavy atom. The van der Waals surface area contributed by atoms with Gasteiger partial charge in [-0.05, 0) is 43.5 Å². The number of fused-ring (bicyclic) bond motifs is 1. The number of likely N-dealkylation sites (N-methyl/N-ethyl adjacent to an activating group) is 1. The monoisotopic (exact) mass is 536 g/mol. The van der Waals surface area contributed by atoms with E-state index in [1.165, 1.54) is 28.8 Å². The van der Waals surface area contributed by atoms with Gasteiger partial charge in [0.05, 0.1) is 17.1 Å². The first-order valence-electron chi connectivity index (χ1n) is 11.9. The van der Waals surface area contributed by atoms with Crippen LogP contribution >= 0.6 is 0 Å². The van der Waals surface area contributed by atoms with Crippen molar-refractivity contribution < 1.29 is 18.0 Å². The number of aromatic nitrogens is 4. The van der Waals surface area contributed by atoms with E-state index in [0.717, 1.165) is 37.8 Å². The van der Waals surface area contributed by atoms with Crippen molar-refractivity contribution in [3.63, 3.8) is 0 Å². The summed E-state index contributed by atoms with van der Waals surface area (Å²) in [6.07, 6.45) is 3.29. The van der Waals surface area contributed by atoms with Gasteiger partial charge in [-0.25, -0.2) is 18.2 Å². The van der Waals surface area contributed by atoms with E-state index in [9.17, 15) is 18.4 Å². The van der Waals surface area contributed by atoms with E-state index in [0.29, 0.717) is 13.1 Å². The van der Waals surface area contributed by atoms with Crippen LogP contribution in [0.5, 0.6) is 0 Å². The lowest BCUT2D eigenvalue weighted by molar-refractivity contribution is -0.111. The number of amides is 1. The molecule has 1 saturated heterocycles. The van der Waals surface area contributed by atoms with Gasteiger partial charge in [0, 0.05) is 38.1 Å². The fourth-order valence-corrected chi connectivity index (χ4v) is 4.19. The highest BCUT2D eigenvalue weighted by Crippen LogP contribution is 2.29. The lowest BCUT2D eigenvalue weighted by Gasteiger charge is -2.34. The van der Waals surface area contributed by atoms with Crippen molar-refractivity contribution in [2.75, 3.05) is 48.8 Å². The highest BCUT2D eigenvalue weighted by molar-refractivity contribution is 5.99. The molecular weight excluding hydrogens is 513 g/mol. The zero-order chi connectivity index (χ0) is 27.7. The normalized spacial score (nSPS) is 13.9. The van der Waals surface area contributed by atoms with Crippen molar-refractivity contribution in [2.45, 2.75) is 0 Å². The first kappa shape index (κ1) is 25.9. The number of hydrogen-bond acceptors (Lipinski definition) is 8. The van der Waals surface area contributed by atoms with E-state index in [4.69, 9.17) is 0 Å². The van der Waals surface area contributed by atoms with Gasteiger partial charge in [-0.1, -0.05) is 6.58 Å². The van der Waals surface area contributed by atoms with Crippen LogP contribution in [0.25, 0.3) is 16.7 Å². The molecule has 0 radical (unpaired) electrons. The number of nitrogens with one attached hydrogen (secondary N) is 2. The van der Waals surface area contributed by atoms with Crippen LogP contribution in [0.2, 0.25) is 0 Å². The molecule has 5 rings (SSSR count). The molecule has 1 fully saturated rings. The van der Waals surface area contributed by atoms with Crippen molar-refractivity contribution in [2.24, 2.45) is 0 Å². The van der Waals surface area contributed by atoms with Crippen LogP contribution in [0.1, 0.15) is 0 Å². The van der Waals surface area contributed by atoms with Gasteiger partial charge in [-0.3, -0.25) is 14.2 Å². The Labute approximate surface area is 220 Å². The SMILES string of the molecule is C=CC(=O)Nc1ccc(F)c(-n2cnc(=O)c3cnc(Nc4ccc(N5CCN(C)CC5)c(F)c4F)nc32)c1. The molecule has 2 aromatic carbocycles. The van der Waals surface area contributed by atoms with Crippen LogP contribution in [0.15, 0.2) is 60.3 Å². The lowest BCUT2D eigenvalue weighted by atomic mass is 10.2. The molecule has 1 aliphatic rings. The summed E-state index contributed by atoms with van der Waals surface area (Å²) in [4.78, 5) is 40.0. The molecule has 1 amide bonds. The molecule has 0 atom stereocenters. The fourth-order valence-electron chi connectivity index (χ4n) is 4.19. The molecule has 10 nitrogen and oxygen atoms in total. The summed E-state index contributed by atoms with van der Waals surface area (Å²) in [5, 5.41) is 5.12. The molecule has 0 bridgehead atoms. The number of hydrogen-bond donors (Lipinski definition) is 2. The fraction of sp³-hybridized carbons (Fsp3) is 0.192. The number of halogens is 3. The molecule has 1 aliphatic heterocycles. The summed E-state index contributed by atoms with van der Waals surface area (Å²) >= 11 is 0. The predicted molar refractivity (Wildman–Crippen MR) is 141 cm³/mol. The number of rotatable bonds is 6. The molecule has 4 aromatic rings. The highest BCUT2D eigenvalue weighted by Gasteiger charge is 2.22. The minimum absolute atomic E-state index is 0.0416. The van der Waals surface area contributed by atoms with Crippen LogP contribution in [0, 0.1) is 17.5 Å². The third kappa shape index (κ3) is 5.16. The summed E-state index contributed by atoms with van der Waals surface area (Å²) in [7, 11) is 1.96. The van der Waals surface area contributed by atoms with E-state index < -0.39 is 28.9 Å². The molecule has 200 valence electrons. The lowest BCUT2D eigenvalue weighted by Crippen LogP contribution is -2.44. The Balaban J connectivity index is 1.51. The minimum Gasteiger partial charge on any atom is -0.367 e. The van der Waals surface area contributed by atoms with E-state index >= 15 is 4.39 Å². The van der Waals surface area contributed by atoms with E-state index in [2.05, 4.69) is 37.1 Å². The van der Waals surface area contributed by atoms with Gasteiger partial charge in [-0.2, -0.15) is 9.97 Å². The second-order valence-corrected chi connectivity index (χ2v) is 8.89. The van der Waals surface area contributed by atoms with Gasteiger partial charge in [0.25, 0.3) is 5.56 Å². The molecule has 2 N–H and O–H groups in total. The van der Waals surface area contributed by atoms with E-state index in [1.54, 1.807) is 4.90 Å². The maximum atomic E-state index is 15.0. The van der Waals surface area contributed by atoms with Crippen molar-refractivity contribution >= 4 is 40.0 Å². The molecule has 0 spiro atoms. The number of carbonyl (C=O) groups is 1. The number of nitrogens with zero attached hydrogens (tertiary/aromatic N) is 6. The maximum absolute atomic E-state index is 15.0. The van der Waals surface area contributed by atoms with Crippen molar-refractivity contribution in [1.82, 2.24) is 24.4 Å². The number of benzene rings is 2. The summed E-state index contributed by atoms with van der Waals surface area (Å²) in [6.45, 7) is 5.96. The smallest absolute Gasteiger partial charge is 0.283 e. The average molecular weight is 537 g/mol. The van der Waals surface area contributed by atoms with Gasteiger partial charge in [0.2, 0.25) is 11.9 Å². The molecule has 0 unspecified atom stereocenters. The summed E-state index contributed by atoms with van der Waals surface area (Å²) in [5.41, 5.74) is -0.592. The van der Waals surface area contributed by atoms with Gasteiger partial charge in [0.15, 0.2) is 17.3 Å². The molecule has 13 heteroatoms. The van der Waals surface area contributed by atoms with Crippen molar-refractivity contribution in [3.8, 4) is 5.69 Å². The first-order valence-corrected chi connectivity index (χ1v) is 11.9. The molecular formula is C26H23F3N8O2. The second kappa shape index (κ2) is 10.5. The number of anilines is 4. The zero-order valence-electron chi connectivity index (χ0n) is 20.8. The van der Waals surface area contributed by atoms with Crippen LogP contribution in [-0.4, -0.2) is 63.6 Å². The molecule has 2 aromatic heterocycles. The maximum Gasteiger partial charge on any atom is 0.283 e. The van der Waals surface area contributed by atoms with Crippen LogP contribution < -0.4 is 21.1 Å². The quantitative estimate of drug-likeness (QED) is 0.362. The van der Waals surface area contributed by atoms with Gasteiger partial charge in [0.1, 0.15) is 17.5 Å². The molecule has 0 saturated carbocycles. The van der Waals surface area contributed by atoms with Crippen LogP contribution in [0.3, 0.4) is 0 Å². The third-order valence-corrected chi connectivity index (χ3v) is 6.33. The Bertz CT molecular complexity index is 1650. The Kier molecular flexibility index (Phi) is 6.98. The van der Waals surface area contributed by atoms with Gasteiger partial charge in [-0.15, -0.1) is 0 Å². The van der Waals surface area contributed by atoms with Gasteiger partial charge >= 0.3 is 0 Å². The molecule has 0 aliphatic carbocycles. The predicted octanol–water partition coefficient (Wildman–Crippen LogP) is 3.21. The van der Waals surface area contributed by atoms with Crippen LogP contribution in [0.4, 0.5) is 36.2 Å². The molecule has 39 heavy (non-hydrogen) atoms. The summed E-state index contributed by atoms with van der Waals surface area (Å²) in [6, 6.07) is 6.65. The Morgan fingerprint density at radius 3 is 2.54 bits per heavy atom. The Morgan fingerprint density at radius 2 is 1.79 bits per heavy atom. The van der Waals surface area contributed by atoms with Crippen molar-refractivity contribution in [3.05, 3.63) is 83.3 Å². The largest absolute Gasteiger partial charge is 0.367 e. The van der Waals surface area contributed by atoms with Gasteiger partial charge < -0.3 is 20.4 Å². The standard InChI is InChI=1S/C26H23F3N8O2/c1-3-21(38)32-15-4-5-17(27)20(12-15)37-14-31-25(39)16-13-30-26(34-24(16)37)33-18-6-7-19(23(29)22(18)28)36-10-8-35(2)9-11-36/h3-7,12-14H,1,8-11H2,2H3,(H,32,38)(H,30,33,34).